The summed E-state index contributed by atoms with van der Waals surface area (Å²) in [6.45, 7) is 13.4. The Morgan fingerprint density at radius 3 is 2.17 bits per heavy atom. The van der Waals surface area contributed by atoms with Crippen molar-refractivity contribution in [3.05, 3.63) is 65.8 Å². The van der Waals surface area contributed by atoms with Gasteiger partial charge in [-0.1, -0.05) is 79.1 Å². The van der Waals surface area contributed by atoms with E-state index in [4.69, 9.17) is 35.2 Å². The molecule has 1 spiro atoms. The van der Waals surface area contributed by atoms with E-state index in [0.29, 0.717) is 62.9 Å². The van der Waals surface area contributed by atoms with Crippen LogP contribution in [-0.4, -0.2) is 169 Å². The first kappa shape index (κ1) is 67.2. The highest BCUT2D eigenvalue weighted by molar-refractivity contribution is 9.09. The highest BCUT2D eigenvalue weighted by Crippen LogP contribution is 2.43. The van der Waals surface area contributed by atoms with Gasteiger partial charge in [0.15, 0.2) is 0 Å². The normalized spacial score (nSPS) is 23.6. The van der Waals surface area contributed by atoms with Gasteiger partial charge in [0, 0.05) is 70.3 Å². The van der Waals surface area contributed by atoms with Gasteiger partial charge in [0.25, 0.3) is 0 Å². The van der Waals surface area contributed by atoms with Crippen LogP contribution in [0.5, 0.6) is 0 Å². The van der Waals surface area contributed by atoms with Crippen LogP contribution in [0.4, 0.5) is 20.1 Å². The Hall–Kier alpha value is -6.57. The molecule has 25 heteroatoms. The molecule has 0 radical (unpaired) electrons. The number of benzene rings is 1. The number of hydrogen-bond acceptors (Lipinski definition) is 14. The van der Waals surface area contributed by atoms with Crippen molar-refractivity contribution in [2.45, 2.75) is 173 Å². The van der Waals surface area contributed by atoms with Gasteiger partial charge in [-0.25, -0.2) is 14.4 Å². The highest BCUT2D eigenvalue weighted by Gasteiger charge is 2.51. The lowest BCUT2D eigenvalue weighted by molar-refractivity contribution is -0.132. The van der Waals surface area contributed by atoms with Crippen LogP contribution in [0.15, 0.2) is 60.2 Å². The van der Waals surface area contributed by atoms with Crippen LogP contribution in [0.1, 0.15) is 118 Å². The molecule has 0 aliphatic carbocycles. The molecule has 4 heterocycles. The highest BCUT2D eigenvalue weighted by atomic mass is 79.9. The molecular weight excluding hydrogens is 1140 g/mol. The van der Waals surface area contributed by atoms with Gasteiger partial charge in [-0.05, 0) is 94.9 Å². The summed E-state index contributed by atoms with van der Waals surface area (Å²) >= 11 is 3.09. The molecule has 24 nitrogen and oxygen atoms in total. The number of primary amides is 2. The number of nitrogens with one attached hydrogen (secondary N) is 6. The van der Waals surface area contributed by atoms with Crippen molar-refractivity contribution >= 4 is 75.3 Å². The SMILES string of the molecule is CC(C=CC1CC2(CO2)CC(CC(N)=O)O1)=CCC1OC(C)C(NC(=O)C=CC(C)OC(=O)N2CCN(C(=O)OCc3ccc(NC(=O)C(CCCNC(N)=O)NC(=O)C(NC(=O)CCCCCNC(=O)CBr)C(C)C)cc3)CC2)CC1C. The van der Waals surface area contributed by atoms with Crippen LogP contribution >= 0.6 is 15.9 Å². The summed E-state index contributed by atoms with van der Waals surface area (Å²) in [5, 5.41) is 16.8. The Bertz CT molecular complexity index is 2470. The third kappa shape index (κ3) is 23.9. The number of carbonyl (C=O) groups excluding carboxylic acids is 9. The van der Waals surface area contributed by atoms with E-state index in [1.54, 1.807) is 45.0 Å². The molecule has 83 heavy (non-hydrogen) atoms. The zero-order chi connectivity index (χ0) is 60.6. The number of nitrogens with two attached hydrogens (primary N) is 2. The molecule has 4 saturated heterocycles. The van der Waals surface area contributed by atoms with Crippen LogP contribution in [0.2, 0.25) is 0 Å². The molecule has 1 aromatic rings. The molecule has 4 aliphatic heterocycles. The predicted octanol–water partition coefficient (Wildman–Crippen LogP) is 4.49. The van der Waals surface area contributed by atoms with Crippen molar-refractivity contribution in [1.29, 1.82) is 0 Å². The van der Waals surface area contributed by atoms with Gasteiger partial charge in [-0.2, -0.15) is 0 Å². The van der Waals surface area contributed by atoms with Gasteiger partial charge < -0.3 is 76.9 Å². The Morgan fingerprint density at radius 2 is 1.52 bits per heavy atom. The van der Waals surface area contributed by atoms with Gasteiger partial charge in [0.05, 0.1) is 54.4 Å². The lowest BCUT2D eigenvalue weighted by atomic mass is 9.88. The summed E-state index contributed by atoms with van der Waals surface area (Å²) in [5.41, 5.74) is 12.5. The zero-order valence-corrected chi connectivity index (χ0v) is 50.3. The number of halogens is 1. The smallest absolute Gasteiger partial charge is 0.410 e. The summed E-state index contributed by atoms with van der Waals surface area (Å²) < 4.78 is 29.4. The Morgan fingerprint density at radius 1 is 0.831 bits per heavy atom. The van der Waals surface area contributed by atoms with Crippen molar-refractivity contribution < 1.29 is 66.8 Å². The van der Waals surface area contributed by atoms with Gasteiger partial charge in [0.1, 0.15) is 24.8 Å². The number of hydrogen-bond donors (Lipinski definition) is 8. The lowest BCUT2D eigenvalue weighted by Crippen LogP contribution is -2.54. The summed E-state index contributed by atoms with van der Waals surface area (Å²) in [4.78, 5) is 116. The molecule has 10 N–H and O–H groups in total. The molecule has 460 valence electrons. The standard InChI is InChI=1S/C58H87BrN10O14/c1-36(2)52(67-49(71)12-8-7-9-23-62-51(73)33-59)54(75)66-45(11-10-24-63-55(61)76)53(74)64-42-18-16-41(17-19-42)34-79-56(77)68-25-27-69(28-26-68)57(78)81-39(5)15-22-50(72)65-46-29-38(4)47(82-40(46)6)21-14-37(3)13-20-43-31-58(35-80-58)32-44(83-43)30-48(60)70/h13-20,22,36,38-40,43-47,52H,7-12,21,23-35H2,1-6H3,(H2,60,70)(H,62,73)(H,64,74)(H,65,72)(H,66,75)(H,67,71)(H3,61,63,76). The van der Waals surface area contributed by atoms with Crippen molar-refractivity contribution in [3.8, 4) is 0 Å². The number of anilines is 1. The van der Waals surface area contributed by atoms with E-state index in [9.17, 15) is 43.2 Å². The van der Waals surface area contributed by atoms with Crippen molar-refractivity contribution in [3.63, 3.8) is 0 Å². The maximum absolute atomic E-state index is 13.6. The van der Waals surface area contributed by atoms with Gasteiger partial charge in [-0.3, -0.25) is 28.8 Å². The number of urea groups is 1. The fourth-order valence-corrected chi connectivity index (χ4v) is 10.2. The number of unbranched alkanes of at least 4 members (excludes halogenated alkanes) is 2. The van der Waals surface area contributed by atoms with E-state index in [2.05, 4.69) is 60.8 Å². The van der Waals surface area contributed by atoms with Crippen LogP contribution in [-0.2, 0) is 59.1 Å². The van der Waals surface area contributed by atoms with E-state index in [-0.39, 0.29) is 135 Å². The predicted molar refractivity (Wildman–Crippen MR) is 312 cm³/mol. The number of amides is 10. The Labute approximate surface area is 495 Å². The van der Waals surface area contributed by atoms with Gasteiger partial charge in [0.2, 0.25) is 35.4 Å². The maximum atomic E-state index is 13.6. The second-order valence-corrected chi connectivity index (χ2v) is 22.9. The second-order valence-electron chi connectivity index (χ2n) is 22.3. The zero-order valence-electron chi connectivity index (χ0n) is 48.8. The fourth-order valence-electron chi connectivity index (χ4n) is 9.99. The number of rotatable bonds is 29. The fraction of sp³-hybridized carbons (Fsp3) is 0.638. The van der Waals surface area contributed by atoms with E-state index in [1.165, 1.54) is 22.0 Å². The maximum Gasteiger partial charge on any atom is 0.410 e. The van der Waals surface area contributed by atoms with Crippen LogP contribution in [0, 0.1) is 11.8 Å². The van der Waals surface area contributed by atoms with Crippen molar-refractivity contribution in [1.82, 2.24) is 36.4 Å². The van der Waals surface area contributed by atoms with Crippen molar-refractivity contribution in [2.24, 2.45) is 23.3 Å². The summed E-state index contributed by atoms with van der Waals surface area (Å²) in [7, 11) is 0. The number of carbonyl (C=O) groups is 9. The number of nitrogens with zero attached hydrogens (tertiary/aromatic N) is 2. The molecule has 0 bridgehead atoms. The minimum atomic E-state index is -1.04. The monoisotopic (exact) mass is 1230 g/mol. The van der Waals surface area contributed by atoms with E-state index < -0.39 is 48.2 Å². The van der Waals surface area contributed by atoms with E-state index in [1.807, 2.05) is 26.0 Å². The largest absolute Gasteiger partial charge is 0.445 e. The van der Waals surface area contributed by atoms with E-state index >= 15 is 0 Å². The third-order valence-electron chi connectivity index (χ3n) is 14.9. The number of ether oxygens (including phenoxy) is 5. The average molecular weight is 1230 g/mol. The molecule has 0 aromatic heterocycles. The second kappa shape index (κ2) is 33.7. The topological polar surface area (TPSA) is 334 Å². The number of piperazine rings is 1. The minimum Gasteiger partial charge on any atom is -0.445 e. The first-order chi connectivity index (χ1) is 39.5. The quantitative estimate of drug-likeness (QED) is 0.0180. The molecule has 5 rings (SSSR count). The first-order valence-corrected chi connectivity index (χ1v) is 29.9. The minimum absolute atomic E-state index is 0.0363. The molecule has 10 unspecified atom stereocenters. The molecule has 0 saturated carbocycles. The number of epoxide rings is 1. The molecule has 10 amide bonds. The first-order valence-electron chi connectivity index (χ1n) is 28.8. The average Bonchev–Trinajstić information content (AvgIpc) is 4.36. The van der Waals surface area contributed by atoms with Crippen LogP contribution in [0.3, 0.4) is 0 Å². The van der Waals surface area contributed by atoms with Gasteiger partial charge >= 0.3 is 18.2 Å². The molecule has 10 atom stereocenters. The van der Waals surface area contributed by atoms with Gasteiger partial charge in [-0.15, -0.1) is 0 Å². The van der Waals surface area contributed by atoms with Crippen LogP contribution < -0.4 is 43.4 Å². The Kier molecular flexibility index (Phi) is 27.3. The molecule has 1 aromatic carbocycles. The third-order valence-corrected chi connectivity index (χ3v) is 15.4. The Balaban J connectivity index is 0.987. The summed E-state index contributed by atoms with van der Waals surface area (Å²) in [6, 6.07) is 3.68. The molecular formula is C58H87BrN10O14. The summed E-state index contributed by atoms with van der Waals surface area (Å²) in [5.74, 6) is -2.37. The van der Waals surface area contributed by atoms with Crippen LogP contribution in [0.25, 0.3) is 0 Å². The number of allylic oxidation sites excluding steroid dienone is 2. The lowest BCUT2D eigenvalue weighted by Gasteiger charge is -2.39. The molecule has 4 fully saturated rings. The summed E-state index contributed by atoms with van der Waals surface area (Å²) in [6.07, 6.45) is 12.1. The van der Waals surface area contributed by atoms with Crippen molar-refractivity contribution in [2.75, 3.05) is 56.5 Å². The molecule has 4 aliphatic rings. The van der Waals surface area contributed by atoms with E-state index in [0.717, 1.165) is 18.4 Å². The number of alkyl halides is 1.